The lowest BCUT2D eigenvalue weighted by Crippen LogP contribution is -2.33. The van der Waals surface area contributed by atoms with Gasteiger partial charge in [-0.15, -0.1) is 11.6 Å². The summed E-state index contributed by atoms with van der Waals surface area (Å²) in [7, 11) is 1.71. The van der Waals surface area contributed by atoms with Crippen molar-refractivity contribution in [3.05, 3.63) is 29.8 Å². The molecular formula is C14H19ClO2. The normalized spacial score (nSPS) is 28.3. The third kappa shape index (κ3) is 2.43. The van der Waals surface area contributed by atoms with Crippen molar-refractivity contribution in [3.8, 4) is 5.75 Å². The first-order chi connectivity index (χ1) is 8.22. The van der Waals surface area contributed by atoms with Gasteiger partial charge in [-0.3, -0.25) is 0 Å². The summed E-state index contributed by atoms with van der Waals surface area (Å²) in [6.07, 6.45) is 2.15. The van der Waals surface area contributed by atoms with E-state index in [2.05, 4.69) is 13.0 Å². The Morgan fingerprint density at radius 1 is 1.47 bits per heavy atom. The molecule has 3 heteroatoms. The van der Waals surface area contributed by atoms with E-state index >= 15 is 0 Å². The maximum Gasteiger partial charge on any atom is 0.122 e. The molecule has 0 N–H and O–H groups in total. The van der Waals surface area contributed by atoms with Crippen LogP contribution in [-0.4, -0.2) is 25.7 Å². The fourth-order valence-electron chi connectivity index (χ4n) is 2.50. The lowest BCUT2D eigenvalue weighted by molar-refractivity contribution is 0.0733. The van der Waals surface area contributed by atoms with Gasteiger partial charge in [0.15, 0.2) is 0 Å². The Hall–Kier alpha value is -0.730. The summed E-state index contributed by atoms with van der Waals surface area (Å²) in [6, 6.07) is 8.14. The Balaban J connectivity index is 2.24. The van der Waals surface area contributed by atoms with E-state index < -0.39 is 0 Å². The van der Waals surface area contributed by atoms with E-state index in [-0.39, 0.29) is 11.5 Å². The molecule has 1 fully saturated rings. The molecule has 0 spiro atoms. The largest absolute Gasteiger partial charge is 0.496 e. The minimum Gasteiger partial charge on any atom is -0.496 e. The first-order valence-corrected chi connectivity index (χ1v) is 6.55. The van der Waals surface area contributed by atoms with Crippen LogP contribution in [0.1, 0.15) is 18.9 Å². The average Bonchev–Trinajstić information content (AvgIpc) is 2.72. The summed E-state index contributed by atoms with van der Waals surface area (Å²) in [6.45, 7) is 2.92. The molecule has 2 nitrogen and oxygen atoms in total. The van der Waals surface area contributed by atoms with Gasteiger partial charge in [0, 0.05) is 17.9 Å². The number of hydrogen-bond donors (Lipinski definition) is 0. The van der Waals surface area contributed by atoms with Crippen molar-refractivity contribution >= 4 is 11.6 Å². The number of hydrogen-bond acceptors (Lipinski definition) is 2. The van der Waals surface area contributed by atoms with Crippen molar-refractivity contribution in [1.82, 2.24) is 0 Å². The minimum atomic E-state index is 0.0518. The molecule has 2 rings (SSSR count). The highest BCUT2D eigenvalue weighted by atomic mass is 35.5. The lowest BCUT2D eigenvalue weighted by atomic mass is 9.78. The number of alkyl halides is 1. The van der Waals surface area contributed by atoms with Crippen LogP contribution < -0.4 is 4.74 Å². The monoisotopic (exact) mass is 254 g/mol. The molecule has 1 aromatic carbocycles. The SMILES string of the molecule is COc1ccccc1CC1(CCl)CCOC1C. The van der Waals surface area contributed by atoms with Crippen molar-refractivity contribution in [2.45, 2.75) is 25.9 Å². The average molecular weight is 255 g/mol. The van der Waals surface area contributed by atoms with Gasteiger partial charge in [0.05, 0.1) is 13.2 Å². The Morgan fingerprint density at radius 3 is 2.82 bits per heavy atom. The van der Waals surface area contributed by atoms with Gasteiger partial charge in [-0.05, 0) is 31.4 Å². The van der Waals surface area contributed by atoms with Crippen molar-refractivity contribution in [2.24, 2.45) is 5.41 Å². The highest BCUT2D eigenvalue weighted by molar-refractivity contribution is 6.18. The topological polar surface area (TPSA) is 18.5 Å². The third-order valence-electron chi connectivity index (χ3n) is 3.83. The Morgan fingerprint density at radius 2 is 2.24 bits per heavy atom. The molecule has 0 aromatic heterocycles. The third-order valence-corrected chi connectivity index (χ3v) is 4.36. The molecule has 0 amide bonds. The summed E-state index contributed by atoms with van der Waals surface area (Å²) in [5, 5.41) is 0. The van der Waals surface area contributed by atoms with Crippen LogP contribution in [-0.2, 0) is 11.2 Å². The number of para-hydroxylation sites is 1. The standard InChI is InChI=1S/C14H19ClO2/c1-11-14(10-15,7-8-17-11)9-12-5-3-4-6-13(12)16-2/h3-6,11H,7-10H2,1-2H3. The Kier molecular flexibility index (Phi) is 3.95. The molecule has 2 unspecified atom stereocenters. The first kappa shape index (κ1) is 12.7. The second-order valence-corrected chi connectivity index (χ2v) is 5.01. The Labute approximate surface area is 108 Å². The lowest BCUT2D eigenvalue weighted by Gasteiger charge is -2.30. The molecule has 0 bridgehead atoms. The predicted molar refractivity (Wildman–Crippen MR) is 69.9 cm³/mol. The van der Waals surface area contributed by atoms with Crippen LogP contribution in [0.25, 0.3) is 0 Å². The van der Waals surface area contributed by atoms with E-state index in [4.69, 9.17) is 21.1 Å². The second-order valence-electron chi connectivity index (χ2n) is 4.75. The molecule has 17 heavy (non-hydrogen) atoms. The first-order valence-electron chi connectivity index (χ1n) is 6.01. The van der Waals surface area contributed by atoms with Crippen molar-refractivity contribution in [2.75, 3.05) is 19.6 Å². The number of benzene rings is 1. The quantitative estimate of drug-likeness (QED) is 0.768. The zero-order valence-corrected chi connectivity index (χ0v) is 11.2. The van der Waals surface area contributed by atoms with Gasteiger partial charge in [-0.1, -0.05) is 18.2 Å². The summed E-state index contributed by atoms with van der Waals surface area (Å²) in [5.41, 5.74) is 1.27. The zero-order chi connectivity index (χ0) is 12.3. The molecule has 1 aliphatic heterocycles. The van der Waals surface area contributed by atoms with Crippen LogP contribution in [0.2, 0.25) is 0 Å². The second kappa shape index (κ2) is 5.28. The molecule has 1 aliphatic rings. The fourth-order valence-corrected chi connectivity index (χ4v) is 2.95. The Bertz CT molecular complexity index is 380. The van der Waals surface area contributed by atoms with Gasteiger partial charge in [0.2, 0.25) is 0 Å². The van der Waals surface area contributed by atoms with Gasteiger partial charge in [-0.25, -0.2) is 0 Å². The number of halogens is 1. The predicted octanol–water partition coefficient (Wildman–Crippen LogP) is 3.27. The van der Waals surface area contributed by atoms with Crippen LogP contribution in [0.5, 0.6) is 5.75 Å². The summed E-state index contributed by atoms with van der Waals surface area (Å²) >= 11 is 6.18. The molecular weight excluding hydrogens is 236 g/mol. The zero-order valence-electron chi connectivity index (χ0n) is 10.4. The van der Waals surface area contributed by atoms with Crippen molar-refractivity contribution in [1.29, 1.82) is 0 Å². The van der Waals surface area contributed by atoms with Crippen LogP contribution in [0.4, 0.5) is 0 Å². The van der Waals surface area contributed by atoms with E-state index in [0.29, 0.717) is 5.88 Å². The molecule has 1 saturated heterocycles. The van der Waals surface area contributed by atoms with Gasteiger partial charge < -0.3 is 9.47 Å². The summed E-state index contributed by atoms with van der Waals surface area (Å²) < 4.78 is 11.1. The molecule has 0 radical (unpaired) electrons. The highest BCUT2D eigenvalue weighted by Crippen LogP contribution is 2.40. The smallest absolute Gasteiger partial charge is 0.122 e. The van der Waals surface area contributed by atoms with E-state index in [1.165, 1.54) is 5.56 Å². The summed E-state index contributed by atoms with van der Waals surface area (Å²) in [5.74, 6) is 1.57. The van der Waals surface area contributed by atoms with Crippen LogP contribution in [0, 0.1) is 5.41 Å². The highest BCUT2D eigenvalue weighted by Gasteiger charge is 2.41. The van der Waals surface area contributed by atoms with E-state index in [9.17, 15) is 0 Å². The van der Waals surface area contributed by atoms with Crippen LogP contribution in [0.15, 0.2) is 24.3 Å². The number of methoxy groups -OCH3 is 1. The van der Waals surface area contributed by atoms with Crippen LogP contribution in [0.3, 0.4) is 0 Å². The molecule has 1 aromatic rings. The van der Waals surface area contributed by atoms with Gasteiger partial charge in [0.25, 0.3) is 0 Å². The fraction of sp³-hybridized carbons (Fsp3) is 0.571. The van der Waals surface area contributed by atoms with Gasteiger partial charge in [-0.2, -0.15) is 0 Å². The van der Waals surface area contributed by atoms with Crippen molar-refractivity contribution in [3.63, 3.8) is 0 Å². The molecule has 0 aliphatic carbocycles. The van der Waals surface area contributed by atoms with E-state index in [0.717, 1.165) is 25.2 Å². The molecule has 0 saturated carbocycles. The molecule has 94 valence electrons. The van der Waals surface area contributed by atoms with E-state index in [1.54, 1.807) is 7.11 Å². The number of ether oxygens (including phenoxy) is 2. The molecule has 1 heterocycles. The molecule has 2 atom stereocenters. The van der Waals surface area contributed by atoms with Crippen molar-refractivity contribution < 1.29 is 9.47 Å². The minimum absolute atomic E-state index is 0.0518. The summed E-state index contributed by atoms with van der Waals surface area (Å²) in [4.78, 5) is 0. The maximum atomic E-state index is 6.18. The van der Waals surface area contributed by atoms with Gasteiger partial charge >= 0.3 is 0 Å². The van der Waals surface area contributed by atoms with Crippen LogP contribution >= 0.6 is 11.6 Å². The maximum absolute atomic E-state index is 6.18. The number of rotatable bonds is 4. The van der Waals surface area contributed by atoms with Gasteiger partial charge in [0.1, 0.15) is 5.75 Å². The van der Waals surface area contributed by atoms with E-state index in [1.807, 2.05) is 18.2 Å².